The fourth-order valence-corrected chi connectivity index (χ4v) is 1.53. The van der Waals surface area contributed by atoms with E-state index in [1.807, 2.05) is 18.2 Å². The highest BCUT2D eigenvalue weighted by atomic mass is 16.2. The van der Waals surface area contributed by atoms with Crippen molar-refractivity contribution >= 4 is 11.7 Å². The van der Waals surface area contributed by atoms with E-state index < -0.39 is 0 Å². The van der Waals surface area contributed by atoms with Crippen molar-refractivity contribution in [2.75, 3.05) is 0 Å². The summed E-state index contributed by atoms with van der Waals surface area (Å²) in [6, 6.07) is 7.38. The van der Waals surface area contributed by atoms with E-state index in [9.17, 15) is 4.79 Å². The van der Waals surface area contributed by atoms with Crippen LogP contribution in [-0.4, -0.2) is 11.7 Å². The molecule has 0 spiro atoms. The summed E-state index contributed by atoms with van der Waals surface area (Å²) < 4.78 is 0. The van der Waals surface area contributed by atoms with Crippen LogP contribution in [0.15, 0.2) is 29.3 Å². The van der Waals surface area contributed by atoms with Crippen LogP contribution in [0.25, 0.3) is 0 Å². The minimum atomic E-state index is -0.316. The predicted molar refractivity (Wildman–Crippen MR) is 53.9 cm³/mol. The normalized spacial score (nSPS) is 20.5. The van der Waals surface area contributed by atoms with Crippen molar-refractivity contribution in [1.82, 2.24) is 5.32 Å². The number of carbonyl (C=O) groups excluding carboxylic acids is 1. The smallest absolute Gasteiger partial charge is 0.253 e. The zero-order valence-corrected chi connectivity index (χ0v) is 7.82. The van der Waals surface area contributed by atoms with Crippen molar-refractivity contribution < 1.29 is 4.79 Å². The maximum Gasteiger partial charge on any atom is 0.253 e. The van der Waals surface area contributed by atoms with Gasteiger partial charge in [0.2, 0.25) is 0 Å². The first-order chi connectivity index (χ1) is 6.68. The quantitative estimate of drug-likeness (QED) is 0.507. The van der Waals surface area contributed by atoms with Crippen LogP contribution in [0.2, 0.25) is 0 Å². The zero-order valence-electron chi connectivity index (χ0n) is 7.82. The number of amidine groups is 1. The summed E-state index contributed by atoms with van der Waals surface area (Å²) in [5.74, 6) is 0.377. The molecule has 1 aliphatic rings. The Morgan fingerprint density at radius 3 is 2.93 bits per heavy atom. The number of hydrogen-bond acceptors (Lipinski definition) is 2. The van der Waals surface area contributed by atoms with Crippen LogP contribution < -0.4 is 11.1 Å². The first-order valence-corrected chi connectivity index (χ1v) is 4.38. The number of fused-ring (bicyclic) bond motifs is 1. The molecule has 3 N–H and O–H groups in total. The first kappa shape index (κ1) is 8.74. The summed E-state index contributed by atoms with van der Waals surface area (Å²) in [5.41, 5.74) is 7.05. The summed E-state index contributed by atoms with van der Waals surface area (Å²) >= 11 is 0. The average Bonchev–Trinajstić information content (AvgIpc) is 2.44. The molecule has 0 saturated carbocycles. The van der Waals surface area contributed by atoms with E-state index in [0.29, 0.717) is 11.4 Å². The molecule has 0 bridgehead atoms. The van der Waals surface area contributed by atoms with Crippen molar-refractivity contribution in [1.29, 1.82) is 0 Å². The third kappa shape index (κ3) is 1.35. The molecule has 4 heteroatoms. The molecule has 4 nitrogen and oxygen atoms in total. The van der Waals surface area contributed by atoms with Crippen LogP contribution in [0.5, 0.6) is 0 Å². The Kier molecular flexibility index (Phi) is 1.96. The largest absolute Gasteiger partial charge is 0.388 e. The molecule has 14 heavy (non-hydrogen) atoms. The molecule has 72 valence electrons. The van der Waals surface area contributed by atoms with Gasteiger partial charge in [0, 0.05) is 11.1 Å². The molecule has 0 aromatic heterocycles. The third-order valence-corrected chi connectivity index (χ3v) is 2.10. The lowest BCUT2D eigenvalue weighted by molar-refractivity contribution is 0.0957. The van der Waals surface area contributed by atoms with Crippen molar-refractivity contribution in [3.63, 3.8) is 0 Å². The highest BCUT2D eigenvalue weighted by molar-refractivity contribution is 5.99. The van der Waals surface area contributed by atoms with E-state index in [2.05, 4.69) is 10.3 Å². The molecule has 0 radical (unpaired) electrons. The van der Waals surface area contributed by atoms with Gasteiger partial charge in [0.1, 0.15) is 6.17 Å². The third-order valence-electron chi connectivity index (χ3n) is 2.10. The fraction of sp³-hybridized carbons (Fsp3) is 0.200. The van der Waals surface area contributed by atoms with Gasteiger partial charge in [0.25, 0.3) is 5.91 Å². The molecule has 0 aliphatic carbocycles. The molecular weight excluding hydrogens is 178 g/mol. The van der Waals surface area contributed by atoms with E-state index in [-0.39, 0.29) is 12.1 Å². The van der Waals surface area contributed by atoms with E-state index in [0.717, 1.165) is 5.56 Å². The van der Waals surface area contributed by atoms with Gasteiger partial charge >= 0.3 is 0 Å². The molecule has 0 saturated heterocycles. The van der Waals surface area contributed by atoms with Gasteiger partial charge in [-0.1, -0.05) is 18.2 Å². The topological polar surface area (TPSA) is 67.5 Å². The number of hydrogen-bond donors (Lipinski definition) is 2. The number of nitrogens with one attached hydrogen (secondary N) is 1. The second-order valence-electron chi connectivity index (χ2n) is 3.23. The molecule has 2 rings (SSSR count). The van der Waals surface area contributed by atoms with Crippen molar-refractivity contribution in [2.45, 2.75) is 13.1 Å². The Hall–Kier alpha value is -1.84. The Balaban J connectivity index is 2.44. The Morgan fingerprint density at radius 2 is 2.21 bits per heavy atom. The lowest BCUT2D eigenvalue weighted by atomic mass is 10.1. The van der Waals surface area contributed by atoms with Gasteiger partial charge in [-0.05, 0) is 13.0 Å². The maximum atomic E-state index is 11.4. The van der Waals surface area contributed by atoms with Crippen molar-refractivity contribution in [2.24, 2.45) is 10.7 Å². The molecular formula is C10H11N3O. The second-order valence-corrected chi connectivity index (χ2v) is 3.23. The van der Waals surface area contributed by atoms with Gasteiger partial charge in [-0.2, -0.15) is 0 Å². The summed E-state index contributed by atoms with van der Waals surface area (Å²) in [5, 5.41) is 2.74. The van der Waals surface area contributed by atoms with Gasteiger partial charge in [-0.25, -0.2) is 4.99 Å². The molecule has 1 atom stereocenters. The minimum absolute atomic E-state index is 0.0874. The van der Waals surface area contributed by atoms with Gasteiger partial charge in [0.15, 0.2) is 0 Å². The molecule has 1 heterocycles. The Morgan fingerprint density at radius 1 is 1.50 bits per heavy atom. The van der Waals surface area contributed by atoms with Crippen LogP contribution in [0.4, 0.5) is 0 Å². The highest BCUT2D eigenvalue weighted by Gasteiger charge is 2.27. The van der Waals surface area contributed by atoms with Gasteiger partial charge in [0.05, 0.1) is 5.84 Å². The van der Waals surface area contributed by atoms with Crippen LogP contribution in [-0.2, 0) is 0 Å². The number of carbonyl (C=O) groups is 1. The van der Waals surface area contributed by atoms with Crippen molar-refractivity contribution in [3.8, 4) is 0 Å². The fourth-order valence-electron chi connectivity index (χ4n) is 1.53. The summed E-state index contributed by atoms with van der Waals surface area (Å²) in [6.45, 7) is 1.70. The van der Waals surface area contributed by atoms with Crippen LogP contribution in [0.3, 0.4) is 0 Å². The molecule has 0 fully saturated rings. The summed E-state index contributed by atoms with van der Waals surface area (Å²) in [6.07, 6.45) is -0.316. The predicted octanol–water partition coefficient (Wildman–Crippen LogP) is 0.806. The van der Waals surface area contributed by atoms with E-state index in [1.54, 1.807) is 13.0 Å². The zero-order chi connectivity index (χ0) is 10.1. The number of benzene rings is 1. The second kappa shape index (κ2) is 3.14. The number of nitrogens with zero attached hydrogens (tertiary/aromatic N) is 1. The molecule has 1 aromatic carbocycles. The number of amides is 1. The van der Waals surface area contributed by atoms with E-state index >= 15 is 0 Å². The standard InChI is InChI=1S/C10H11N3O/c1-6(11)12-9-7-4-2-3-5-8(7)10(14)13-9/h2-5,9H,1H3,(H2,11,12)(H,13,14). The summed E-state index contributed by atoms with van der Waals surface area (Å²) in [4.78, 5) is 15.6. The van der Waals surface area contributed by atoms with E-state index in [4.69, 9.17) is 5.73 Å². The Bertz CT molecular complexity index is 408. The maximum absolute atomic E-state index is 11.4. The average molecular weight is 189 g/mol. The van der Waals surface area contributed by atoms with Crippen LogP contribution >= 0.6 is 0 Å². The van der Waals surface area contributed by atoms with Gasteiger partial charge in [-0.15, -0.1) is 0 Å². The lowest BCUT2D eigenvalue weighted by Gasteiger charge is -2.05. The monoisotopic (exact) mass is 189 g/mol. The number of aliphatic imine (C=N–C) groups is 1. The molecule has 1 aromatic rings. The molecule has 1 unspecified atom stereocenters. The lowest BCUT2D eigenvalue weighted by Crippen LogP contribution is -2.20. The van der Waals surface area contributed by atoms with Crippen LogP contribution in [0.1, 0.15) is 29.0 Å². The van der Waals surface area contributed by atoms with E-state index in [1.165, 1.54) is 0 Å². The van der Waals surface area contributed by atoms with Gasteiger partial charge in [-0.3, -0.25) is 4.79 Å². The number of nitrogens with two attached hydrogens (primary N) is 1. The number of rotatable bonds is 1. The van der Waals surface area contributed by atoms with Crippen molar-refractivity contribution in [3.05, 3.63) is 35.4 Å². The highest BCUT2D eigenvalue weighted by Crippen LogP contribution is 2.25. The SMILES string of the molecule is CC(N)=NC1NC(=O)c2ccccc21. The molecule has 1 aliphatic heterocycles. The first-order valence-electron chi connectivity index (χ1n) is 4.38. The molecule has 1 amide bonds. The van der Waals surface area contributed by atoms with Gasteiger partial charge < -0.3 is 11.1 Å². The van der Waals surface area contributed by atoms with Crippen LogP contribution in [0, 0.1) is 0 Å². The Labute approximate surface area is 81.8 Å². The summed E-state index contributed by atoms with van der Waals surface area (Å²) in [7, 11) is 0. The minimum Gasteiger partial charge on any atom is -0.388 e.